The number of nitrogens with zero attached hydrogens (tertiary/aromatic N) is 4. The monoisotopic (exact) mass is 566 g/mol. The van der Waals surface area contributed by atoms with E-state index in [1.54, 1.807) is 30.0 Å². The first-order chi connectivity index (χ1) is 19.7. The lowest BCUT2D eigenvalue weighted by molar-refractivity contribution is -0.137. The van der Waals surface area contributed by atoms with Crippen LogP contribution in [0.2, 0.25) is 0 Å². The molecule has 10 nitrogen and oxygen atoms in total. The Morgan fingerprint density at radius 2 is 1.98 bits per heavy atom. The van der Waals surface area contributed by atoms with E-state index in [1.807, 2.05) is 0 Å². The van der Waals surface area contributed by atoms with Crippen LogP contribution in [0.5, 0.6) is 0 Å². The topological polar surface area (TPSA) is 126 Å². The Labute approximate surface area is 231 Å². The SMILES string of the molecule is Cc1noc(C2CC2C(=O)NCc2ccc(-c3cccc(C(F)(F)F)c3)c3c2CN(C(=O)Nc2ccon2)CC3)n1. The molecule has 2 aromatic carbocycles. The lowest BCUT2D eigenvalue weighted by Gasteiger charge is -2.32. The highest BCUT2D eigenvalue weighted by Gasteiger charge is 2.47. The molecule has 1 aliphatic carbocycles. The average Bonchev–Trinajstić information content (AvgIpc) is 3.36. The number of benzene rings is 2. The molecule has 13 heteroatoms. The number of hydrogen-bond donors (Lipinski definition) is 2. The summed E-state index contributed by atoms with van der Waals surface area (Å²) in [6, 6.07) is 9.90. The van der Waals surface area contributed by atoms with Crippen molar-refractivity contribution in [3.8, 4) is 11.1 Å². The van der Waals surface area contributed by atoms with Gasteiger partial charge < -0.3 is 19.3 Å². The summed E-state index contributed by atoms with van der Waals surface area (Å²) in [5, 5.41) is 13.1. The van der Waals surface area contributed by atoms with Gasteiger partial charge in [-0.3, -0.25) is 10.1 Å². The number of carbonyl (C=O) groups is 2. The van der Waals surface area contributed by atoms with E-state index in [4.69, 9.17) is 9.05 Å². The number of rotatable bonds is 6. The highest BCUT2D eigenvalue weighted by molar-refractivity contribution is 5.88. The Morgan fingerprint density at radius 3 is 2.71 bits per heavy atom. The van der Waals surface area contributed by atoms with E-state index in [0.717, 1.165) is 28.8 Å². The summed E-state index contributed by atoms with van der Waals surface area (Å²) >= 11 is 0. The number of fused-ring (bicyclic) bond motifs is 1. The number of amides is 3. The maximum atomic E-state index is 13.4. The van der Waals surface area contributed by atoms with Gasteiger partial charge in [-0.15, -0.1) is 0 Å². The summed E-state index contributed by atoms with van der Waals surface area (Å²) in [6.07, 6.45) is -2.11. The van der Waals surface area contributed by atoms with Crippen molar-refractivity contribution < 1.29 is 31.8 Å². The molecule has 1 aliphatic heterocycles. The van der Waals surface area contributed by atoms with Crippen LogP contribution in [-0.2, 0) is 30.5 Å². The molecule has 4 aromatic rings. The Kier molecular flexibility index (Phi) is 6.72. The van der Waals surface area contributed by atoms with Crippen molar-refractivity contribution in [2.75, 3.05) is 11.9 Å². The Balaban J connectivity index is 1.26. The molecule has 2 aliphatic rings. The summed E-state index contributed by atoms with van der Waals surface area (Å²) in [5.41, 5.74) is 2.75. The molecule has 212 valence electrons. The molecule has 0 saturated heterocycles. The molecule has 1 fully saturated rings. The molecule has 3 heterocycles. The fourth-order valence-corrected chi connectivity index (χ4v) is 5.21. The first-order valence-electron chi connectivity index (χ1n) is 13.0. The third-order valence-electron chi connectivity index (χ3n) is 7.41. The van der Waals surface area contributed by atoms with Gasteiger partial charge in [0.25, 0.3) is 0 Å². The number of hydrogen-bond acceptors (Lipinski definition) is 7. The number of anilines is 1. The largest absolute Gasteiger partial charge is 0.416 e. The van der Waals surface area contributed by atoms with Gasteiger partial charge in [-0.25, -0.2) is 4.79 Å². The van der Waals surface area contributed by atoms with Crippen molar-refractivity contribution >= 4 is 17.8 Å². The quantitative estimate of drug-likeness (QED) is 0.334. The predicted octanol–water partition coefficient (Wildman–Crippen LogP) is 5.06. The standard InChI is InChI=1S/C28H25F3N6O4/c1-15-33-26(41-35-15)22-12-21(22)25(38)32-13-17-5-6-19(16-3-2-4-18(11-16)28(29,30)31)20-7-9-37(14-23(17)20)27(39)34-24-8-10-40-36-24/h2-6,8,10-11,21-22H,7,9,12-14H2,1H3,(H,32,38)(H,34,36,39). The van der Waals surface area contributed by atoms with Crippen LogP contribution in [0.4, 0.5) is 23.8 Å². The first kappa shape index (κ1) is 26.5. The fraction of sp³-hybridized carbons (Fsp3) is 0.321. The van der Waals surface area contributed by atoms with Gasteiger partial charge in [-0.2, -0.15) is 18.2 Å². The van der Waals surface area contributed by atoms with Gasteiger partial charge in [0.2, 0.25) is 11.8 Å². The van der Waals surface area contributed by atoms with Crippen molar-refractivity contribution in [2.45, 2.75) is 44.9 Å². The minimum atomic E-state index is -4.48. The summed E-state index contributed by atoms with van der Waals surface area (Å²) in [6.45, 7) is 2.44. The van der Waals surface area contributed by atoms with E-state index in [2.05, 4.69) is 25.9 Å². The van der Waals surface area contributed by atoms with E-state index in [1.165, 1.54) is 18.4 Å². The first-order valence-corrected chi connectivity index (χ1v) is 13.0. The third-order valence-corrected chi connectivity index (χ3v) is 7.41. The smallest absolute Gasteiger partial charge is 0.363 e. The number of carbonyl (C=O) groups excluding carboxylic acids is 2. The van der Waals surface area contributed by atoms with Crippen LogP contribution in [0.1, 0.15) is 46.3 Å². The zero-order valence-corrected chi connectivity index (χ0v) is 21.9. The number of nitrogens with one attached hydrogen (secondary N) is 2. The molecular weight excluding hydrogens is 541 g/mol. The highest BCUT2D eigenvalue weighted by Crippen LogP contribution is 2.47. The van der Waals surface area contributed by atoms with Crippen LogP contribution >= 0.6 is 0 Å². The van der Waals surface area contributed by atoms with E-state index in [-0.39, 0.29) is 42.7 Å². The van der Waals surface area contributed by atoms with E-state index in [0.29, 0.717) is 42.2 Å². The Hall–Kier alpha value is -4.68. The zero-order chi connectivity index (χ0) is 28.7. The Morgan fingerprint density at radius 1 is 1.12 bits per heavy atom. The van der Waals surface area contributed by atoms with Gasteiger partial charge in [0.1, 0.15) is 6.26 Å². The van der Waals surface area contributed by atoms with Gasteiger partial charge in [0, 0.05) is 25.7 Å². The van der Waals surface area contributed by atoms with Gasteiger partial charge in [0.05, 0.1) is 17.4 Å². The van der Waals surface area contributed by atoms with Crippen molar-refractivity contribution in [3.05, 3.63) is 82.7 Å². The molecule has 0 bridgehead atoms. The second-order valence-electron chi connectivity index (χ2n) is 10.1. The second kappa shape index (κ2) is 10.4. The van der Waals surface area contributed by atoms with Crippen molar-refractivity contribution in [3.63, 3.8) is 0 Å². The molecule has 2 aromatic heterocycles. The van der Waals surface area contributed by atoms with Crippen molar-refractivity contribution in [2.24, 2.45) is 5.92 Å². The molecule has 6 rings (SSSR count). The van der Waals surface area contributed by atoms with Crippen molar-refractivity contribution in [1.82, 2.24) is 25.5 Å². The minimum Gasteiger partial charge on any atom is -0.363 e. The second-order valence-corrected chi connectivity index (χ2v) is 10.1. The van der Waals surface area contributed by atoms with Crippen LogP contribution < -0.4 is 10.6 Å². The summed E-state index contributed by atoms with van der Waals surface area (Å²) in [5.74, 6) is 0.665. The molecule has 3 amide bonds. The lowest BCUT2D eigenvalue weighted by atomic mass is 9.87. The number of aromatic nitrogens is 3. The van der Waals surface area contributed by atoms with Gasteiger partial charge in [-0.05, 0) is 59.7 Å². The summed E-state index contributed by atoms with van der Waals surface area (Å²) < 4.78 is 50.3. The fourth-order valence-electron chi connectivity index (χ4n) is 5.21. The molecular formula is C28H25F3N6O4. The van der Waals surface area contributed by atoms with Gasteiger partial charge >= 0.3 is 12.2 Å². The lowest BCUT2D eigenvalue weighted by Crippen LogP contribution is -2.40. The third kappa shape index (κ3) is 5.52. The molecule has 2 unspecified atom stereocenters. The molecule has 0 spiro atoms. The minimum absolute atomic E-state index is 0.121. The van der Waals surface area contributed by atoms with Gasteiger partial charge in [0.15, 0.2) is 11.6 Å². The number of alkyl halides is 3. The van der Waals surface area contributed by atoms with Crippen LogP contribution in [0.3, 0.4) is 0 Å². The van der Waals surface area contributed by atoms with Crippen LogP contribution in [0, 0.1) is 12.8 Å². The Bertz CT molecular complexity index is 1600. The highest BCUT2D eigenvalue weighted by atomic mass is 19.4. The maximum Gasteiger partial charge on any atom is 0.416 e. The van der Waals surface area contributed by atoms with Crippen molar-refractivity contribution in [1.29, 1.82) is 0 Å². The van der Waals surface area contributed by atoms with Crippen LogP contribution in [0.25, 0.3) is 11.1 Å². The van der Waals surface area contributed by atoms with E-state index in [9.17, 15) is 22.8 Å². The summed E-state index contributed by atoms with van der Waals surface area (Å²) in [4.78, 5) is 31.7. The number of aryl methyl sites for hydroxylation is 1. The van der Waals surface area contributed by atoms with E-state index >= 15 is 0 Å². The summed E-state index contributed by atoms with van der Waals surface area (Å²) in [7, 11) is 0. The number of halogens is 3. The zero-order valence-electron chi connectivity index (χ0n) is 21.9. The van der Waals surface area contributed by atoms with Gasteiger partial charge in [-0.1, -0.05) is 34.6 Å². The molecule has 2 N–H and O–H groups in total. The molecule has 41 heavy (non-hydrogen) atoms. The molecule has 2 atom stereocenters. The van der Waals surface area contributed by atoms with Crippen LogP contribution in [0.15, 0.2) is 57.8 Å². The van der Waals surface area contributed by atoms with Crippen LogP contribution in [-0.4, -0.2) is 38.7 Å². The normalized spacial score (nSPS) is 18.1. The van der Waals surface area contributed by atoms with E-state index < -0.39 is 11.7 Å². The molecule has 0 radical (unpaired) electrons. The number of urea groups is 1. The average molecular weight is 567 g/mol. The molecule has 1 saturated carbocycles. The maximum absolute atomic E-state index is 13.4. The predicted molar refractivity (Wildman–Crippen MR) is 138 cm³/mol.